The topological polar surface area (TPSA) is 61.6 Å². The molecule has 4 nitrogen and oxygen atoms in total. The van der Waals surface area contributed by atoms with E-state index in [-0.39, 0.29) is 5.82 Å². The zero-order valence-corrected chi connectivity index (χ0v) is 13.6. The molecule has 1 heterocycles. The SMILES string of the molecule is CSc1nc(Nc2ccccc2)c(C#N)c(-c2ccc(F)cc2)n1. The van der Waals surface area contributed by atoms with Gasteiger partial charge in [0.05, 0.1) is 5.69 Å². The first-order valence-corrected chi connectivity index (χ1v) is 8.38. The molecular formula is C18H13FN4S. The van der Waals surface area contributed by atoms with Gasteiger partial charge in [0.2, 0.25) is 0 Å². The Bertz CT molecular complexity index is 889. The minimum Gasteiger partial charge on any atom is -0.339 e. The van der Waals surface area contributed by atoms with Crippen LogP contribution < -0.4 is 5.32 Å². The Morgan fingerprint density at radius 3 is 2.38 bits per heavy atom. The summed E-state index contributed by atoms with van der Waals surface area (Å²) in [5.41, 5.74) is 2.30. The van der Waals surface area contributed by atoms with Gasteiger partial charge >= 0.3 is 0 Å². The minimum atomic E-state index is -0.334. The molecule has 0 aliphatic carbocycles. The van der Waals surface area contributed by atoms with Crippen LogP contribution in [0.4, 0.5) is 15.9 Å². The summed E-state index contributed by atoms with van der Waals surface area (Å²) in [7, 11) is 0. The third-order valence-electron chi connectivity index (χ3n) is 3.34. The number of thioether (sulfide) groups is 1. The molecule has 0 atom stereocenters. The number of para-hydroxylation sites is 1. The average Bonchev–Trinajstić information content (AvgIpc) is 2.62. The second kappa shape index (κ2) is 7.11. The number of hydrogen-bond donors (Lipinski definition) is 1. The van der Waals surface area contributed by atoms with E-state index in [4.69, 9.17) is 0 Å². The van der Waals surface area contributed by atoms with Gasteiger partial charge in [0.25, 0.3) is 0 Å². The maximum atomic E-state index is 13.2. The molecule has 0 aliphatic rings. The maximum absolute atomic E-state index is 13.2. The number of halogens is 1. The van der Waals surface area contributed by atoms with Gasteiger partial charge < -0.3 is 5.32 Å². The van der Waals surface area contributed by atoms with Gasteiger partial charge in [0.15, 0.2) is 11.0 Å². The van der Waals surface area contributed by atoms with Crippen molar-refractivity contribution in [2.24, 2.45) is 0 Å². The Morgan fingerprint density at radius 2 is 1.75 bits per heavy atom. The fourth-order valence-electron chi connectivity index (χ4n) is 2.20. The van der Waals surface area contributed by atoms with Crippen LogP contribution in [0.2, 0.25) is 0 Å². The van der Waals surface area contributed by atoms with Crippen molar-refractivity contribution < 1.29 is 4.39 Å². The largest absolute Gasteiger partial charge is 0.339 e. The maximum Gasteiger partial charge on any atom is 0.189 e. The van der Waals surface area contributed by atoms with E-state index >= 15 is 0 Å². The second-order valence-electron chi connectivity index (χ2n) is 4.89. The molecule has 0 radical (unpaired) electrons. The van der Waals surface area contributed by atoms with E-state index in [9.17, 15) is 9.65 Å². The molecule has 3 rings (SSSR count). The highest BCUT2D eigenvalue weighted by molar-refractivity contribution is 7.98. The highest BCUT2D eigenvalue weighted by atomic mass is 32.2. The lowest BCUT2D eigenvalue weighted by atomic mass is 10.1. The van der Waals surface area contributed by atoms with Gasteiger partial charge in [0, 0.05) is 11.3 Å². The monoisotopic (exact) mass is 336 g/mol. The summed E-state index contributed by atoms with van der Waals surface area (Å²) in [4.78, 5) is 8.84. The molecule has 6 heteroatoms. The van der Waals surface area contributed by atoms with Crippen LogP contribution in [-0.2, 0) is 0 Å². The number of benzene rings is 2. The molecule has 2 aromatic carbocycles. The van der Waals surface area contributed by atoms with Gasteiger partial charge in [-0.1, -0.05) is 30.0 Å². The average molecular weight is 336 g/mol. The molecule has 0 aliphatic heterocycles. The van der Waals surface area contributed by atoms with Crippen LogP contribution in [0.15, 0.2) is 59.8 Å². The Balaban J connectivity index is 2.13. The molecule has 0 amide bonds. The van der Waals surface area contributed by atoms with E-state index in [1.165, 1.54) is 23.9 Å². The van der Waals surface area contributed by atoms with Crippen LogP contribution in [-0.4, -0.2) is 16.2 Å². The number of aromatic nitrogens is 2. The Hall–Kier alpha value is -2.91. The fraction of sp³-hybridized carbons (Fsp3) is 0.0556. The van der Waals surface area contributed by atoms with E-state index in [1.54, 1.807) is 12.1 Å². The van der Waals surface area contributed by atoms with Crippen LogP contribution in [0, 0.1) is 17.1 Å². The number of hydrogen-bond acceptors (Lipinski definition) is 5. The standard InChI is InChI=1S/C18H13FN4S/c1-24-18-22-16(12-7-9-13(19)10-8-12)15(11-20)17(23-18)21-14-5-3-2-4-6-14/h2-10H,1H3,(H,21,22,23). The van der Waals surface area contributed by atoms with Crippen LogP contribution in [0.1, 0.15) is 5.56 Å². The third-order valence-corrected chi connectivity index (χ3v) is 3.88. The Morgan fingerprint density at radius 1 is 1.04 bits per heavy atom. The van der Waals surface area contributed by atoms with Crippen molar-refractivity contribution in [3.8, 4) is 17.3 Å². The predicted molar refractivity (Wildman–Crippen MR) is 93.6 cm³/mol. The van der Waals surface area contributed by atoms with Gasteiger partial charge in [-0.05, 0) is 42.7 Å². The molecule has 118 valence electrons. The summed E-state index contributed by atoms with van der Waals surface area (Å²) in [5.74, 6) is 0.0985. The lowest BCUT2D eigenvalue weighted by Crippen LogP contribution is -2.03. The normalized spacial score (nSPS) is 10.2. The van der Waals surface area contributed by atoms with Crippen LogP contribution in [0.5, 0.6) is 0 Å². The molecule has 24 heavy (non-hydrogen) atoms. The van der Waals surface area contributed by atoms with Gasteiger partial charge in [-0.3, -0.25) is 0 Å². The number of nitrogens with one attached hydrogen (secondary N) is 1. The van der Waals surface area contributed by atoms with Gasteiger partial charge in [-0.25, -0.2) is 14.4 Å². The van der Waals surface area contributed by atoms with Crippen molar-refractivity contribution in [3.05, 3.63) is 66.0 Å². The first kappa shape index (κ1) is 16.0. The zero-order valence-electron chi connectivity index (χ0n) is 12.8. The Kier molecular flexibility index (Phi) is 4.73. The lowest BCUT2D eigenvalue weighted by Gasteiger charge is -2.12. The molecular weight excluding hydrogens is 323 g/mol. The number of anilines is 2. The van der Waals surface area contributed by atoms with Crippen molar-refractivity contribution in [1.82, 2.24) is 9.97 Å². The molecule has 1 aromatic heterocycles. The minimum absolute atomic E-state index is 0.322. The molecule has 0 bridgehead atoms. The molecule has 1 N–H and O–H groups in total. The highest BCUT2D eigenvalue weighted by Crippen LogP contribution is 2.30. The molecule has 0 fully saturated rings. The van der Waals surface area contributed by atoms with E-state index < -0.39 is 0 Å². The first-order chi connectivity index (χ1) is 11.7. The first-order valence-electron chi connectivity index (χ1n) is 7.15. The molecule has 0 saturated carbocycles. The predicted octanol–water partition coefficient (Wildman–Crippen LogP) is 4.62. The Labute approximate surface area is 143 Å². The summed E-state index contributed by atoms with van der Waals surface area (Å²) in [6.07, 6.45) is 1.86. The molecule has 0 unspecified atom stereocenters. The van der Waals surface area contributed by atoms with Crippen molar-refractivity contribution in [3.63, 3.8) is 0 Å². The quantitative estimate of drug-likeness (QED) is 0.556. The summed E-state index contributed by atoms with van der Waals surface area (Å²) in [6.45, 7) is 0. The van der Waals surface area contributed by atoms with Crippen LogP contribution in [0.25, 0.3) is 11.3 Å². The summed E-state index contributed by atoms with van der Waals surface area (Å²) in [5, 5.41) is 13.3. The van der Waals surface area contributed by atoms with Gasteiger partial charge in [-0.15, -0.1) is 0 Å². The fourth-order valence-corrected chi connectivity index (χ4v) is 2.57. The summed E-state index contributed by atoms with van der Waals surface area (Å²) in [6, 6.07) is 17.5. The smallest absolute Gasteiger partial charge is 0.189 e. The second-order valence-corrected chi connectivity index (χ2v) is 5.67. The lowest BCUT2D eigenvalue weighted by molar-refractivity contribution is 0.628. The van der Waals surface area contributed by atoms with Crippen molar-refractivity contribution >= 4 is 23.3 Å². The molecule has 0 spiro atoms. The van der Waals surface area contributed by atoms with Crippen molar-refractivity contribution in [2.45, 2.75) is 5.16 Å². The third kappa shape index (κ3) is 3.36. The molecule has 0 saturated heterocycles. The van der Waals surface area contributed by atoms with Crippen LogP contribution >= 0.6 is 11.8 Å². The van der Waals surface area contributed by atoms with E-state index in [0.717, 1.165) is 5.69 Å². The zero-order chi connectivity index (χ0) is 16.9. The summed E-state index contributed by atoms with van der Waals surface area (Å²) >= 11 is 1.38. The van der Waals surface area contributed by atoms with E-state index in [1.807, 2.05) is 36.6 Å². The van der Waals surface area contributed by atoms with Crippen molar-refractivity contribution in [2.75, 3.05) is 11.6 Å². The van der Waals surface area contributed by atoms with E-state index in [0.29, 0.717) is 27.8 Å². The van der Waals surface area contributed by atoms with E-state index in [2.05, 4.69) is 21.4 Å². The summed E-state index contributed by atoms with van der Waals surface area (Å²) < 4.78 is 13.2. The van der Waals surface area contributed by atoms with Crippen LogP contribution in [0.3, 0.4) is 0 Å². The van der Waals surface area contributed by atoms with Crippen molar-refractivity contribution in [1.29, 1.82) is 5.26 Å². The highest BCUT2D eigenvalue weighted by Gasteiger charge is 2.16. The number of rotatable bonds is 4. The van der Waals surface area contributed by atoms with Gasteiger partial charge in [-0.2, -0.15) is 5.26 Å². The van der Waals surface area contributed by atoms with Gasteiger partial charge in [0.1, 0.15) is 17.4 Å². The number of nitrogens with zero attached hydrogens (tertiary/aromatic N) is 3. The molecule has 3 aromatic rings. The number of nitriles is 1.